The van der Waals surface area contributed by atoms with E-state index < -0.39 is 5.97 Å². The molecule has 3 heteroatoms. The average molecular weight is 338 g/mol. The first kappa shape index (κ1) is 18.9. The highest BCUT2D eigenvalue weighted by Crippen LogP contribution is 2.18. The largest absolute Gasteiger partial charge is 0.427 e. The zero-order valence-corrected chi connectivity index (χ0v) is 15.1. The summed E-state index contributed by atoms with van der Waals surface area (Å²) in [5.74, 6) is -0.0709. The van der Waals surface area contributed by atoms with Gasteiger partial charge in [-0.1, -0.05) is 69.0 Å². The number of rotatable bonds is 9. The van der Waals surface area contributed by atoms with Gasteiger partial charge in [0.05, 0.1) is 0 Å². The van der Waals surface area contributed by atoms with Gasteiger partial charge in [-0.05, 0) is 30.5 Å². The number of aryl methyl sites for hydroxylation is 1. The Balaban J connectivity index is 1.97. The zero-order valence-electron chi connectivity index (χ0n) is 15.1. The quantitative estimate of drug-likeness (QED) is 0.268. The van der Waals surface area contributed by atoms with Crippen LogP contribution >= 0.6 is 0 Å². The van der Waals surface area contributed by atoms with Crippen molar-refractivity contribution in [3.05, 3.63) is 65.2 Å². The van der Waals surface area contributed by atoms with Crippen LogP contribution in [0.2, 0.25) is 0 Å². The molecule has 0 amide bonds. The van der Waals surface area contributed by atoms with Crippen LogP contribution < -0.4 is 4.74 Å². The van der Waals surface area contributed by atoms with Gasteiger partial charge in [-0.25, -0.2) is 0 Å². The van der Waals surface area contributed by atoms with E-state index in [-0.39, 0.29) is 5.78 Å². The molecule has 0 aromatic heterocycles. The van der Waals surface area contributed by atoms with E-state index in [0.717, 1.165) is 6.42 Å². The lowest BCUT2D eigenvalue weighted by Crippen LogP contribution is -2.04. The Labute approximate surface area is 150 Å². The minimum absolute atomic E-state index is 0.0662. The monoisotopic (exact) mass is 338 g/mol. The molecule has 0 saturated carbocycles. The molecule has 2 aromatic carbocycles. The first-order valence-corrected chi connectivity index (χ1v) is 9.02. The molecule has 0 radical (unpaired) electrons. The lowest BCUT2D eigenvalue weighted by molar-refractivity contribution is -0.131. The molecule has 0 aliphatic heterocycles. The second-order valence-electron chi connectivity index (χ2n) is 6.31. The summed E-state index contributed by atoms with van der Waals surface area (Å²) >= 11 is 0. The molecule has 2 aromatic rings. The van der Waals surface area contributed by atoms with Crippen molar-refractivity contribution in [1.29, 1.82) is 0 Å². The van der Waals surface area contributed by atoms with Crippen molar-refractivity contribution in [2.45, 2.75) is 52.4 Å². The van der Waals surface area contributed by atoms with Crippen molar-refractivity contribution in [3.8, 4) is 5.75 Å². The minimum Gasteiger partial charge on any atom is -0.427 e. The minimum atomic E-state index is -0.395. The van der Waals surface area contributed by atoms with Gasteiger partial charge in [0, 0.05) is 18.1 Å². The Kier molecular flexibility index (Phi) is 7.39. The third-order valence-corrected chi connectivity index (χ3v) is 4.14. The SMILES string of the molecule is CCCCCCCc1ccc(C(=O)c2cccc(OC(C)=O)c2)cc1. The number of carbonyl (C=O) groups excluding carboxylic acids is 2. The summed E-state index contributed by atoms with van der Waals surface area (Å²) in [7, 11) is 0. The van der Waals surface area contributed by atoms with Crippen LogP contribution in [-0.4, -0.2) is 11.8 Å². The summed E-state index contributed by atoms with van der Waals surface area (Å²) in [6.45, 7) is 3.56. The Bertz CT molecular complexity index is 701. The number of unbranched alkanes of at least 4 members (excludes halogenated alkanes) is 4. The molecule has 25 heavy (non-hydrogen) atoms. The summed E-state index contributed by atoms with van der Waals surface area (Å²) in [5, 5.41) is 0. The second-order valence-corrected chi connectivity index (χ2v) is 6.31. The fourth-order valence-corrected chi connectivity index (χ4v) is 2.79. The fourth-order valence-electron chi connectivity index (χ4n) is 2.79. The molecule has 0 aliphatic rings. The number of benzene rings is 2. The summed E-state index contributed by atoms with van der Waals surface area (Å²) in [5.41, 5.74) is 2.43. The van der Waals surface area contributed by atoms with Crippen LogP contribution in [0.1, 0.15) is 67.4 Å². The van der Waals surface area contributed by atoms with Crippen LogP contribution in [0.15, 0.2) is 48.5 Å². The van der Waals surface area contributed by atoms with Crippen molar-refractivity contribution in [2.24, 2.45) is 0 Å². The number of carbonyl (C=O) groups is 2. The standard InChI is InChI=1S/C22H26O3/c1-3-4-5-6-7-9-18-12-14-19(15-13-18)22(24)20-10-8-11-21(16-20)25-17(2)23/h8,10-16H,3-7,9H2,1-2H3. The van der Waals surface area contributed by atoms with Gasteiger partial charge in [-0.3, -0.25) is 9.59 Å². The fraction of sp³-hybridized carbons (Fsp3) is 0.364. The number of ether oxygens (including phenoxy) is 1. The molecule has 3 nitrogen and oxygen atoms in total. The van der Waals surface area contributed by atoms with Crippen LogP contribution in [0, 0.1) is 0 Å². The van der Waals surface area contributed by atoms with E-state index >= 15 is 0 Å². The van der Waals surface area contributed by atoms with Crippen molar-refractivity contribution < 1.29 is 14.3 Å². The molecule has 0 aliphatic carbocycles. The Morgan fingerprint density at radius 2 is 1.60 bits per heavy atom. The van der Waals surface area contributed by atoms with Gasteiger partial charge in [0.25, 0.3) is 0 Å². The molecule has 0 unspecified atom stereocenters. The maximum Gasteiger partial charge on any atom is 0.308 e. The van der Waals surface area contributed by atoms with E-state index in [1.807, 2.05) is 24.3 Å². The molecule has 132 valence electrons. The summed E-state index contributed by atoms with van der Waals surface area (Å²) in [4.78, 5) is 23.6. The number of esters is 1. The molecule has 0 heterocycles. The smallest absolute Gasteiger partial charge is 0.308 e. The summed E-state index contributed by atoms with van der Waals surface area (Å²) in [6.07, 6.45) is 7.37. The normalized spacial score (nSPS) is 10.5. The van der Waals surface area contributed by atoms with E-state index in [2.05, 4.69) is 6.92 Å². The number of hydrogen-bond donors (Lipinski definition) is 0. The van der Waals surface area contributed by atoms with Gasteiger partial charge in [0.1, 0.15) is 5.75 Å². The molecule has 0 atom stereocenters. The maximum atomic E-state index is 12.6. The van der Waals surface area contributed by atoms with E-state index in [4.69, 9.17) is 4.74 Å². The van der Waals surface area contributed by atoms with Gasteiger partial charge in [0.2, 0.25) is 0 Å². The van der Waals surface area contributed by atoms with Gasteiger partial charge < -0.3 is 4.74 Å². The lowest BCUT2D eigenvalue weighted by atomic mass is 10.00. The van der Waals surface area contributed by atoms with E-state index in [9.17, 15) is 9.59 Å². The maximum absolute atomic E-state index is 12.6. The zero-order chi connectivity index (χ0) is 18.1. The highest BCUT2D eigenvalue weighted by Gasteiger charge is 2.10. The average Bonchev–Trinajstić information content (AvgIpc) is 2.61. The molecular weight excluding hydrogens is 312 g/mol. The van der Waals surface area contributed by atoms with Crippen LogP contribution in [0.3, 0.4) is 0 Å². The third kappa shape index (κ3) is 6.18. The third-order valence-electron chi connectivity index (χ3n) is 4.14. The Morgan fingerprint density at radius 1 is 0.880 bits per heavy atom. The topological polar surface area (TPSA) is 43.4 Å². The van der Waals surface area contributed by atoms with Gasteiger partial charge in [-0.2, -0.15) is 0 Å². The van der Waals surface area contributed by atoms with Gasteiger partial charge >= 0.3 is 5.97 Å². The predicted molar refractivity (Wildman–Crippen MR) is 100 cm³/mol. The first-order valence-electron chi connectivity index (χ1n) is 9.02. The molecule has 0 N–H and O–H groups in total. The van der Waals surface area contributed by atoms with Crippen LogP contribution in [0.5, 0.6) is 5.75 Å². The van der Waals surface area contributed by atoms with E-state index in [0.29, 0.717) is 16.9 Å². The first-order chi connectivity index (χ1) is 12.1. The van der Waals surface area contributed by atoms with Gasteiger partial charge in [0.15, 0.2) is 5.78 Å². The number of hydrogen-bond acceptors (Lipinski definition) is 3. The van der Waals surface area contributed by atoms with Crippen LogP contribution in [0.25, 0.3) is 0 Å². The molecule has 0 saturated heterocycles. The van der Waals surface area contributed by atoms with Crippen molar-refractivity contribution in [1.82, 2.24) is 0 Å². The highest BCUT2D eigenvalue weighted by molar-refractivity contribution is 6.09. The van der Waals surface area contributed by atoms with Crippen molar-refractivity contribution in [2.75, 3.05) is 0 Å². The summed E-state index contributed by atoms with van der Waals surface area (Å²) < 4.78 is 5.04. The van der Waals surface area contributed by atoms with E-state index in [1.165, 1.54) is 44.6 Å². The number of ketones is 1. The highest BCUT2D eigenvalue weighted by atomic mass is 16.5. The molecule has 0 bridgehead atoms. The summed E-state index contributed by atoms with van der Waals surface area (Å²) in [6, 6.07) is 14.5. The van der Waals surface area contributed by atoms with Crippen molar-refractivity contribution >= 4 is 11.8 Å². The van der Waals surface area contributed by atoms with Crippen LogP contribution in [0.4, 0.5) is 0 Å². The molecule has 2 rings (SSSR count). The second kappa shape index (κ2) is 9.77. The molecule has 0 spiro atoms. The van der Waals surface area contributed by atoms with Crippen molar-refractivity contribution in [3.63, 3.8) is 0 Å². The Morgan fingerprint density at radius 3 is 2.28 bits per heavy atom. The molecule has 0 fully saturated rings. The molecular formula is C22H26O3. The van der Waals surface area contributed by atoms with Crippen LogP contribution in [-0.2, 0) is 11.2 Å². The van der Waals surface area contributed by atoms with E-state index in [1.54, 1.807) is 24.3 Å². The predicted octanol–water partition coefficient (Wildman–Crippen LogP) is 5.36. The lowest BCUT2D eigenvalue weighted by Gasteiger charge is -2.06. The van der Waals surface area contributed by atoms with Gasteiger partial charge in [-0.15, -0.1) is 0 Å². The Hall–Kier alpha value is -2.42.